The number of fused-ring (bicyclic) bond motifs is 1. The van der Waals surface area contributed by atoms with Gasteiger partial charge in [0, 0.05) is 12.6 Å². The average molecular weight is 309 g/mol. The molecular weight excluding hydrogens is 297 g/mol. The molecule has 2 aromatic heterocycles. The van der Waals surface area contributed by atoms with Crippen molar-refractivity contribution in [2.45, 2.75) is 6.42 Å². The minimum absolute atomic E-state index is 0.266. The highest BCUT2D eigenvalue weighted by Crippen LogP contribution is 2.21. The molecule has 2 aromatic carbocycles. The maximum absolute atomic E-state index is 12.9. The molecule has 0 radical (unpaired) electrons. The van der Waals surface area contributed by atoms with Crippen molar-refractivity contribution in [2.24, 2.45) is 7.05 Å². The molecule has 4 rings (SSSR count). The first-order valence-electron chi connectivity index (χ1n) is 7.06. The summed E-state index contributed by atoms with van der Waals surface area (Å²) in [6.07, 6.45) is 0.459. The number of hydrogen-bond acceptors (Lipinski definition) is 5. The second kappa shape index (κ2) is 5.28. The SMILES string of the molecule is Cn1nnc2cc(-c3noc(Cc4ccc(F)cc4)n3)ccc21. The summed E-state index contributed by atoms with van der Waals surface area (Å²) in [5.41, 5.74) is 3.43. The predicted molar refractivity (Wildman–Crippen MR) is 81.0 cm³/mol. The van der Waals surface area contributed by atoms with Gasteiger partial charge in [-0.15, -0.1) is 5.10 Å². The number of halogens is 1. The maximum atomic E-state index is 12.9. The lowest BCUT2D eigenvalue weighted by atomic mass is 10.1. The molecule has 0 amide bonds. The third-order valence-electron chi connectivity index (χ3n) is 3.61. The summed E-state index contributed by atoms with van der Waals surface area (Å²) >= 11 is 0. The van der Waals surface area contributed by atoms with Crippen LogP contribution in [0.1, 0.15) is 11.5 Å². The molecule has 2 heterocycles. The third kappa shape index (κ3) is 2.57. The van der Waals surface area contributed by atoms with Crippen molar-refractivity contribution in [3.8, 4) is 11.4 Å². The fourth-order valence-electron chi connectivity index (χ4n) is 2.40. The standard InChI is InChI=1S/C16H12FN5O/c1-22-14-7-4-11(9-13(14)19-21-22)16-18-15(23-20-16)8-10-2-5-12(17)6-3-10/h2-7,9H,8H2,1H3. The van der Waals surface area contributed by atoms with Gasteiger partial charge in [0.15, 0.2) is 0 Å². The first-order valence-corrected chi connectivity index (χ1v) is 7.06. The van der Waals surface area contributed by atoms with E-state index < -0.39 is 0 Å². The molecule has 0 aliphatic carbocycles. The number of rotatable bonds is 3. The van der Waals surface area contributed by atoms with Crippen LogP contribution in [0.5, 0.6) is 0 Å². The molecule has 0 bridgehead atoms. The maximum Gasteiger partial charge on any atom is 0.231 e. The van der Waals surface area contributed by atoms with E-state index >= 15 is 0 Å². The lowest BCUT2D eigenvalue weighted by Crippen LogP contribution is -1.90. The average Bonchev–Trinajstić information content (AvgIpc) is 3.17. The van der Waals surface area contributed by atoms with Crippen molar-refractivity contribution in [2.75, 3.05) is 0 Å². The first kappa shape index (κ1) is 13.6. The topological polar surface area (TPSA) is 69.6 Å². The Hall–Kier alpha value is -3.09. The lowest BCUT2D eigenvalue weighted by molar-refractivity contribution is 0.385. The minimum atomic E-state index is -0.266. The summed E-state index contributed by atoms with van der Waals surface area (Å²) in [5.74, 6) is 0.706. The van der Waals surface area contributed by atoms with E-state index in [9.17, 15) is 4.39 Å². The molecule has 114 valence electrons. The number of nitrogens with zero attached hydrogens (tertiary/aromatic N) is 5. The number of hydrogen-bond donors (Lipinski definition) is 0. The van der Waals surface area contributed by atoms with Crippen LogP contribution >= 0.6 is 0 Å². The highest BCUT2D eigenvalue weighted by Gasteiger charge is 2.11. The molecule has 4 aromatic rings. The number of benzene rings is 2. The Morgan fingerprint density at radius 1 is 1.13 bits per heavy atom. The molecule has 7 heteroatoms. The van der Waals surface area contributed by atoms with Crippen LogP contribution in [-0.4, -0.2) is 25.1 Å². The van der Waals surface area contributed by atoms with Gasteiger partial charge in [0.05, 0.1) is 11.9 Å². The van der Waals surface area contributed by atoms with Gasteiger partial charge >= 0.3 is 0 Å². The van der Waals surface area contributed by atoms with Crippen molar-refractivity contribution >= 4 is 11.0 Å². The summed E-state index contributed by atoms with van der Waals surface area (Å²) in [6, 6.07) is 11.9. The Morgan fingerprint density at radius 3 is 2.78 bits per heavy atom. The predicted octanol–water partition coefficient (Wildman–Crippen LogP) is 2.75. The summed E-state index contributed by atoms with van der Waals surface area (Å²) in [5, 5.41) is 12.0. The van der Waals surface area contributed by atoms with E-state index in [1.807, 2.05) is 25.2 Å². The Labute approximate surface area is 130 Å². The Kier molecular flexibility index (Phi) is 3.11. The number of aromatic nitrogens is 5. The largest absolute Gasteiger partial charge is 0.339 e. The normalized spacial score (nSPS) is 11.2. The fourth-order valence-corrected chi connectivity index (χ4v) is 2.40. The zero-order valence-corrected chi connectivity index (χ0v) is 12.3. The quantitative estimate of drug-likeness (QED) is 0.582. The molecule has 0 atom stereocenters. The van der Waals surface area contributed by atoms with Gasteiger partial charge in [-0.1, -0.05) is 22.5 Å². The first-order chi connectivity index (χ1) is 11.2. The van der Waals surface area contributed by atoms with Crippen molar-refractivity contribution in [1.29, 1.82) is 0 Å². The highest BCUT2D eigenvalue weighted by atomic mass is 19.1. The lowest BCUT2D eigenvalue weighted by Gasteiger charge is -1.96. The molecule has 0 aliphatic rings. The van der Waals surface area contributed by atoms with Gasteiger partial charge in [0.2, 0.25) is 11.7 Å². The van der Waals surface area contributed by atoms with Crippen LogP contribution < -0.4 is 0 Å². The Morgan fingerprint density at radius 2 is 1.96 bits per heavy atom. The van der Waals surface area contributed by atoms with Crippen molar-refractivity contribution < 1.29 is 8.91 Å². The van der Waals surface area contributed by atoms with Crippen molar-refractivity contribution in [3.05, 3.63) is 59.7 Å². The van der Waals surface area contributed by atoms with E-state index in [-0.39, 0.29) is 5.82 Å². The van der Waals surface area contributed by atoms with Gasteiger partial charge in [0.1, 0.15) is 11.3 Å². The van der Waals surface area contributed by atoms with Gasteiger partial charge in [-0.2, -0.15) is 4.98 Å². The van der Waals surface area contributed by atoms with E-state index in [2.05, 4.69) is 20.5 Å². The van der Waals surface area contributed by atoms with Gasteiger partial charge in [-0.3, -0.25) is 0 Å². The molecule has 0 saturated carbocycles. The zero-order valence-electron chi connectivity index (χ0n) is 12.3. The van der Waals surface area contributed by atoms with Crippen LogP contribution in [0.3, 0.4) is 0 Å². The van der Waals surface area contributed by atoms with Gasteiger partial charge in [-0.05, 0) is 35.9 Å². The van der Waals surface area contributed by atoms with Crippen LogP contribution in [0, 0.1) is 5.82 Å². The van der Waals surface area contributed by atoms with Crippen LogP contribution in [0.15, 0.2) is 47.0 Å². The van der Waals surface area contributed by atoms with Crippen LogP contribution in [0.4, 0.5) is 4.39 Å². The third-order valence-corrected chi connectivity index (χ3v) is 3.61. The smallest absolute Gasteiger partial charge is 0.231 e. The van der Waals surface area contributed by atoms with Crippen LogP contribution in [0.25, 0.3) is 22.4 Å². The van der Waals surface area contributed by atoms with Gasteiger partial charge in [0.25, 0.3) is 0 Å². The van der Waals surface area contributed by atoms with E-state index in [4.69, 9.17) is 4.52 Å². The molecule has 0 unspecified atom stereocenters. The summed E-state index contributed by atoms with van der Waals surface area (Å²) < 4.78 is 19.9. The zero-order chi connectivity index (χ0) is 15.8. The van der Waals surface area contributed by atoms with Crippen molar-refractivity contribution in [1.82, 2.24) is 25.1 Å². The van der Waals surface area contributed by atoms with E-state index in [0.29, 0.717) is 18.1 Å². The molecule has 23 heavy (non-hydrogen) atoms. The second-order valence-electron chi connectivity index (χ2n) is 5.23. The van der Waals surface area contributed by atoms with Gasteiger partial charge in [-0.25, -0.2) is 9.07 Å². The fraction of sp³-hybridized carbons (Fsp3) is 0.125. The molecule has 6 nitrogen and oxygen atoms in total. The molecule has 0 saturated heterocycles. The highest BCUT2D eigenvalue weighted by molar-refractivity contribution is 5.79. The Balaban J connectivity index is 1.62. The monoisotopic (exact) mass is 309 g/mol. The molecule has 0 N–H and O–H groups in total. The second-order valence-corrected chi connectivity index (χ2v) is 5.23. The molecule has 0 aliphatic heterocycles. The number of aryl methyl sites for hydroxylation is 1. The Bertz CT molecular complexity index is 974. The summed E-state index contributed by atoms with van der Waals surface area (Å²) in [7, 11) is 1.84. The van der Waals surface area contributed by atoms with Crippen molar-refractivity contribution in [3.63, 3.8) is 0 Å². The van der Waals surface area contributed by atoms with E-state index in [0.717, 1.165) is 22.2 Å². The molecule has 0 fully saturated rings. The van der Waals surface area contributed by atoms with Crippen LogP contribution in [0.2, 0.25) is 0 Å². The van der Waals surface area contributed by atoms with E-state index in [1.165, 1.54) is 12.1 Å². The van der Waals surface area contributed by atoms with Crippen LogP contribution in [-0.2, 0) is 13.5 Å². The molecule has 0 spiro atoms. The minimum Gasteiger partial charge on any atom is -0.339 e. The summed E-state index contributed by atoms with van der Waals surface area (Å²) in [6.45, 7) is 0. The van der Waals surface area contributed by atoms with E-state index in [1.54, 1.807) is 16.8 Å². The molecular formula is C16H12FN5O. The summed E-state index contributed by atoms with van der Waals surface area (Å²) in [4.78, 5) is 4.39. The van der Waals surface area contributed by atoms with Gasteiger partial charge < -0.3 is 4.52 Å².